The van der Waals surface area contributed by atoms with Gasteiger partial charge >= 0.3 is 5.97 Å². The number of hydrogen-bond acceptors (Lipinski definition) is 5. The molecule has 22 heavy (non-hydrogen) atoms. The summed E-state index contributed by atoms with van der Waals surface area (Å²) in [7, 11) is -3.76. The molecule has 7 nitrogen and oxygen atoms in total. The fourth-order valence-corrected chi connectivity index (χ4v) is 4.68. The number of ether oxygens (including phenoxy) is 2. The molecule has 0 unspecified atom stereocenters. The number of piperidine rings is 1. The predicted octanol–water partition coefficient (Wildman–Crippen LogP) is 1.29. The van der Waals surface area contributed by atoms with Gasteiger partial charge in [0.15, 0.2) is 11.5 Å². The van der Waals surface area contributed by atoms with Gasteiger partial charge in [0.1, 0.15) is 0 Å². The average molecular weight is 327 g/mol. The second-order valence-electron chi connectivity index (χ2n) is 5.46. The molecule has 2 atom stereocenters. The van der Waals surface area contributed by atoms with E-state index in [1.165, 1.54) is 16.4 Å². The van der Waals surface area contributed by atoms with E-state index in [9.17, 15) is 18.3 Å². The summed E-state index contributed by atoms with van der Waals surface area (Å²) in [5, 5.41) is 9.23. The minimum absolute atomic E-state index is 0.0695. The van der Waals surface area contributed by atoms with Crippen LogP contribution in [0.15, 0.2) is 23.1 Å². The first-order valence-electron chi connectivity index (χ1n) is 7.05. The molecule has 1 fully saturated rings. The largest absolute Gasteiger partial charge is 0.481 e. The SMILES string of the molecule is C[C@@H]1[C@H](C(=O)O)CCCN1S(=O)(=O)c1ccc2c(c1)OCO2. The lowest BCUT2D eigenvalue weighted by atomic mass is 9.92. The zero-order valence-corrected chi connectivity index (χ0v) is 12.9. The minimum Gasteiger partial charge on any atom is -0.481 e. The summed E-state index contributed by atoms with van der Waals surface area (Å²) in [4.78, 5) is 11.4. The number of carbonyl (C=O) groups is 1. The van der Waals surface area contributed by atoms with Crippen LogP contribution >= 0.6 is 0 Å². The zero-order valence-electron chi connectivity index (χ0n) is 12.1. The number of sulfonamides is 1. The van der Waals surface area contributed by atoms with E-state index in [2.05, 4.69) is 0 Å². The van der Waals surface area contributed by atoms with Gasteiger partial charge in [-0.25, -0.2) is 8.42 Å². The predicted molar refractivity (Wildman–Crippen MR) is 76.3 cm³/mol. The molecular formula is C14H17NO6S. The molecule has 0 spiro atoms. The molecular weight excluding hydrogens is 310 g/mol. The minimum atomic E-state index is -3.76. The topological polar surface area (TPSA) is 93.1 Å². The maximum atomic E-state index is 12.8. The van der Waals surface area contributed by atoms with Crippen molar-refractivity contribution in [2.45, 2.75) is 30.7 Å². The Morgan fingerprint density at radius 3 is 2.77 bits per heavy atom. The Hall–Kier alpha value is -1.80. The fourth-order valence-electron chi connectivity index (χ4n) is 2.95. The Kier molecular flexibility index (Phi) is 3.73. The molecule has 1 N–H and O–H groups in total. The molecule has 8 heteroatoms. The number of rotatable bonds is 3. The molecule has 0 aliphatic carbocycles. The highest BCUT2D eigenvalue weighted by Gasteiger charge is 2.39. The molecule has 1 aromatic rings. The summed E-state index contributed by atoms with van der Waals surface area (Å²) in [6, 6.07) is 3.86. The molecule has 3 rings (SSSR count). The van der Waals surface area contributed by atoms with Gasteiger partial charge in [0.25, 0.3) is 0 Å². The Balaban J connectivity index is 1.93. The molecule has 2 aliphatic rings. The van der Waals surface area contributed by atoms with Gasteiger partial charge in [-0.2, -0.15) is 4.31 Å². The monoisotopic (exact) mass is 327 g/mol. The van der Waals surface area contributed by atoms with Crippen LogP contribution in [0.25, 0.3) is 0 Å². The van der Waals surface area contributed by atoms with Gasteiger partial charge < -0.3 is 14.6 Å². The van der Waals surface area contributed by atoms with Gasteiger partial charge in [-0.15, -0.1) is 0 Å². The van der Waals surface area contributed by atoms with Gasteiger partial charge in [0.2, 0.25) is 16.8 Å². The third-order valence-corrected chi connectivity index (χ3v) is 6.18. The molecule has 120 valence electrons. The van der Waals surface area contributed by atoms with E-state index in [-0.39, 0.29) is 11.7 Å². The van der Waals surface area contributed by atoms with E-state index < -0.39 is 28.0 Å². The number of carboxylic acid groups (broad SMARTS) is 1. The molecule has 2 aliphatic heterocycles. The van der Waals surface area contributed by atoms with E-state index in [1.807, 2.05) is 0 Å². The lowest BCUT2D eigenvalue weighted by molar-refractivity contribution is -0.144. The summed E-state index contributed by atoms with van der Waals surface area (Å²) in [5.74, 6) is -0.745. The number of aliphatic carboxylic acids is 1. The second kappa shape index (κ2) is 5.44. The van der Waals surface area contributed by atoms with Crippen molar-refractivity contribution in [2.24, 2.45) is 5.92 Å². The van der Waals surface area contributed by atoms with Crippen molar-refractivity contribution < 1.29 is 27.8 Å². The van der Waals surface area contributed by atoms with Crippen LogP contribution in [0.1, 0.15) is 19.8 Å². The van der Waals surface area contributed by atoms with Crippen LogP contribution in [0.3, 0.4) is 0 Å². The Labute approximate surface area is 128 Å². The maximum absolute atomic E-state index is 12.8. The van der Waals surface area contributed by atoms with Crippen molar-refractivity contribution in [1.82, 2.24) is 4.31 Å². The Bertz CT molecular complexity index is 701. The first-order chi connectivity index (χ1) is 10.4. The highest BCUT2D eigenvalue weighted by molar-refractivity contribution is 7.89. The highest BCUT2D eigenvalue weighted by Crippen LogP contribution is 2.36. The van der Waals surface area contributed by atoms with Gasteiger partial charge in [0.05, 0.1) is 10.8 Å². The van der Waals surface area contributed by atoms with Crippen LogP contribution in [0.5, 0.6) is 11.5 Å². The zero-order chi connectivity index (χ0) is 15.9. The summed E-state index contributed by atoms with van der Waals surface area (Å²) in [5.41, 5.74) is 0. The number of fused-ring (bicyclic) bond motifs is 1. The van der Waals surface area contributed by atoms with Gasteiger partial charge in [-0.1, -0.05) is 0 Å². The summed E-state index contributed by atoms with van der Waals surface area (Å²) in [6.45, 7) is 2.03. The van der Waals surface area contributed by atoms with E-state index in [0.717, 1.165) is 0 Å². The first-order valence-corrected chi connectivity index (χ1v) is 8.49. The molecule has 1 aromatic carbocycles. The molecule has 0 bridgehead atoms. The Morgan fingerprint density at radius 2 is 2.05 bits per heavy atom. The quantitative estimate of drug-likeness (QED) is 0.899. The number of hydrogen-bond donors (Lipinski definition) is 1. The standard InChI is InChI=1S/C14H17NO6S/c1-9-11(14(16)17)3-2-6-15(9)22(18,19)10-4-5-12-13(7-10)21-8-20-12/h4-5,7,9,11H,2-3,6,8H2,1H3,(H,16,17)/t9-,11-/m1/s1. The van der Waals surface area contributed by atoms with E-state index in [0.29, 0.717) is 30.9 Å². The number of nitrogens with zero attached hydrogens (tertiary/aromatic N) is 1. The van der Waals surface area contributed by atoms with Crippen LogP contribution in [0.4, 0.5) is 0 Å². The van der Waals surface area contributed by atoms with Crippen molar-refractivity contribution >= 4 is 16.0 Å². The summed E-state index contributed by atoms with van der Waals surface area (Å²) >= 11 is 0. The number of benzene rings is 1. The molecule has 0 radical (unpaired) electrons. The fraction of sp³-hybridized carbons (Fsp3) is 0.500. The van der Waals surface area contributed by atoms with Crippen molar-refractivity contribution in [3.63, 3.8) is 0 Å². The van der Waals surface area contributed by atoms with Gasteiger partial charge in [0, 0.05) is 18.7 Å². The van der Waals surface area contributed by atoms with Crippen LogP contribution in [0, 0.1) is 5.92 Å². The summed E-state index contributed by atoms with van der Waals surface area (Å²) < 4.78 is 37.3. The third kappa shape index (κ3) is 2.42. The second-order valence-corrected chi connectivity index (χ2v) is 7.35. The van der Waals surface area contributed by atoms with Crippen molar-refractivity contribution in [3.05, 3.63) is 18.2 Å². The number of carboxylic acids is 1. The first kappa shape index (κ1) is 15.1. The summed E-state index contributed by atoms with van der Waals surface area (Å²) in [6.07, 6.45) is 1.02. The maximum Gasteiger partial charge on any atom is 0.308 e. The Morgan fingerprint density at radius 1 is 1.32 bits per heavy atom. The van der Waals surface area contributed by atoms with Crippen LogP contribution in [-0.4, -0.2) is 43.2 Å². The van der Waals surface area contributed by atoms with Crippen LogP contribution < -0.4 is 9.47 Å². The lowest BCUT2D eigenvalue weighted by Gasteiger charge is -2.36. The van der Waals surface area contributed by atoms with Gasteiger partial charge in [-0.3, -0.25) is 4.79 Å². The highest BCUT2D eigenvalue weighted by atomic mass is 32.2. The third-order valence-electron chi connectivity index (χ3n) is 4.20. The smallest absolute Gasteiger partial charge is 0.308 e. The van der Waals surface area contributed by atoms with E-state index in [4.69, 9.17) is 9.47 Å². The van der Waals surface area contributed by atoms with E-state index >= 15 is 0 Å². The van der Waals surface area contributed by atoms with Crippen LogP contribution in [-0.2, 0) is 14.8 Å². The molecule has 0 aromatic heterocycles. The average Bonchev–Trinajstić information content (AvgIpc) is 2.94. The molecule has 1 saturated heterocycles. The lowest BCUT2D eigenvalue weighted by Crippen LogP contribution is -2.48. The van der Waals surface area contributed by atoms with Crippen molar-refractivity contribution in [1.29, 1.82) is 0 Å². The molecule has 0 amide bonds. The molecule has 0 saturated carbocycles. The molecule has 2 heterocycles. The van der Waals surface area contributed by atoms with Crippen molar-refractivity contribution in [2.75, 3.05) is 13.3 Å². The van der Waals surface area contributed by atoms with Crippen molar-refractivity contribution in [3.8, 4) is 11.5 Å². The normalized spacial score (nSPS) is 25.1. The van der Waals surface area contributed by atoms with Crippen LogP contribution in [0.2, 0.25) is 0 Å². The van der Waals surface area contributed by atoms with Gasteiger partial charge in [-0.05, 0) is 31.9 Å². The van der Waals surface area contributed by atoms with E-state index in [1.54, 1.807) is 13.0 Å².